The Morgan fingerprint density at radius 3 is 2.43 bits per heavy atom. The van der Waals surface area contributed by atoms with Gasteiger partial charge in [0.2, 0.25) is 5.75 Å². The molecule has 0 fully saturated rings. The number of halogens is 4. The standard InChI is InChI=1S/C7H3F4O2S/c8-4-2-1-3-5(14-12)6(4)13-7(9,10)11/h1-3H/q+1. The van der Waals surface area contributed by atoms with E-state index in [1.165, 1.54) is 0 Å². The van der Waals surface area contributed by atoms with E-state index in [0.29, 0.717) is 0 Å². The van der Waals surface area contributed by atoms with Gasteiger partial charge in [-0.1, -0.05) is 6.07 Å². The van der Waals surface area contributed by atoms with Crippen molar-refractivity contribution in [1.29, 1.82) is 0 Å². The van der Waals surface area contributed by atoms with Crippen LogP contribution in [-0.2, 0) is 15.9 Å². The fourth-order valence-electron chi connectivity index (χ4n) is 0.769. The van der Waals surface area contributed by atoms with Crippen LogP contribution in [0.1, 0.15) is 0 Å². The minimum atomic E-state index is -5.01. The SMILES string of the molecule is O=[S+]c1cccc(F)c1OC(F)(F)F. The zero-order valence-corrected chi connectivity index (χ0v) is 7.29. The normalized spacial score (nSPS) is 11.1. The van der Waals surface area contributed by atoms with Crippen LogP contribution in [0.15, 0.2) is 23.1 Å². The summed E-state index contributed by atoms with van der Waals surface area (Å²) in [5, 5.41) is 0. The van der Waals surface area contributed by atoms with E-state index in [1.54, 1.807) is 0 Å². The third-order valence-electron chi connectivity index (χ3n) is 1.24. The highest BCUT2D eigenvalue weighted by Crippen LogP contribution is 2.29. The number of benzene rings is 1. The fraction of sp³-hybridized carbons (Fsp3) is 0.143. The van der Waals surface area contributed by atoms with E-state index in [-0.39, 0.29) is 11.7 Å². The van der Waals surface area contributed by atoms with Crippen LogP contribution in [0, 0.1) is 5.82 Å². The maximum atomic E-state index is 12.8. The van der Waals surface area contributed by atoms with E-state index in [1.807, 2.05) is 0 Å². The van der Waals surface area contributed by atoms with Gasteiger partial charge >= 0.3 is 22.9 Å². The Morgan fingerprint density at radius 1 is 1.29 bits per heavy atom. The number of rotatable bonds is 2. The Hall–Kier alpha value is -1.24. The van der Waals surface area contributed by atoms with Crippen molar-refractivity contribution in [3.05, 3.63) is 24.0 Å². The van der Waals surface area contributed by atoms with Crippen molar-refractivity contribution in [2.45, 2.75) is 11.3 Å². The van der Waals surface area contributed by atoms with E-state index in [0.717, 1.165) is 18.2 Å². The van der Waals surface area contributed by atoms with Gasteiger partial charge in [0.25, 0.3) is 0 Å². The van der Waals surface area contributed by atoms with Gasteiger partial charge in [-0.25, -0.2) is 4.39 Å². The molecule has 14 heavy (non-hydrogen) atoms. The Labute approximate surface area is 80.0 Å². The Balaban J connectivity index is 3.11. The topological polar surface area (TPSA) is 26.3 Å². The highest BCUT2D eigenvalue weighted by molar-refractivity contribution is 7.65. The molecule has 0 aliphatic carbocycles. The van der Waals surface area contributed by atoms with Crippen LogP contribution in [0.25, 0.3) is 0 Å². The largest absolute Gasteiger partial charge is 0.573 e. The van der Waals surface area contributed by atoms with Gasteiger partial charge in [0.1, 0.15) is 0 Å². The molecule has 0 aliphatic heterocycles. The van der Waals surface area contributed by atoms with Gasteiger partial charge in [-0.3, -0.25) is 0 Å². The van der Waals surface area contributed by atoms with Crippen molar-refractivity contribution < 1.29 is 26.5 Å². The molecule has 0 N–H and O–H groups in total. The summed E-state index contributed by atoms with van der Waals surface area (Å²) in [6.07, 6.45) is -5.01. The van der Waals surface area contributed by atoms with Crippen molar-refractivity contribution in [2.24, 2.45) is 0 Å². The van der Waals surface area contributed by atoms with Gasteiger partial charge in [0.05, 0.1) is 0 Å². The summed E-state index contributed by atoms with van der Waals surface area (Å²) in [6, 6.07) is 2.95. The maximum absolute atomic E-state index is 12.8. The van der Waals surface area contributed by atoms with E-state index >= 15 is 0 Å². The maximum Gasteiger partial charge on any atom is 0.573 e. The second-order valence-corrected chi connectivity index (χ2v) is 2.80. The lowest BCUT2D eigenvalue weighted by Gasteiger charge is -2.07. The summed E-state index contributed by atoms with van der Waals surface area (Å²) in [5.41, 5.74) is 0. The molecule has 0 atom stereocenters. The molecule has 1 aromatic carbocycles. The molecule has 7 heteroatoms. The molecule has 0 aliphatic rings. The number of hydrogen-bond acceptors (Lipinski definition) is 2. The van der Waals surface area contributed by atoms with Gasteiger partial charge in [0.15, 0.2) is 5.82 Å². The average Bonchev–Trinajstić information content (AvgIpc) is 2.06. The lowest BCUT2D eigenvalue weighted by atomic mass is 10.3. The summed E-state index contributed by atoms with van der Waals surface area (Å²) < 4.78 is 61.7. The molecule has 76 valence electrons. The highest BCUT2D eigenvalue weighted by atomic mass is 32.1. The lowest BCUT2D eigenvalue weighted by Crippen LogP contribution is -2.18. The number of hydrogen-bond donors (Lipinski definition) is 0. The zero-order chi connectivity index (χ0) is 10.8. The van der Waals surface area contributed by atoms with Gasteiger partial charge in [0, 0.05) is 10.3 Å². The molecule has 0 spiro atoms. The zero-order valence-electron chi connectivity index (χ0n) is 6.47. The van der Waals surface area contributed by atoms with Crippen LogP contribution in [0.4, 0.5) is 17.6 Å². The van der Waals surface area contributed by atoms with E-state index in [2.05, 4.69) is 4.74 Å². The second kappa shape index (κ2) is 3.87. The van der Waals surface area contributed by atoms with Gasteiger partial charge in [-0.2, -0.15) is 0 Å². The van der Waals surface area contributed by atoms with Crippen LogP contribution in [-0.4, -0.2) is 6.36 Å². The Bertz CT molecular complexity index is 350. The number of ether oxygens (including phenoxy) is 1. The predicted molar refractivity (Wildman–Crippen MR) is 39.4 cm³/mol. The summed E-state index contributed by atoms with van der Waals surface area (Å²) >= 11 is -0.265. The van der Waals surface area contributed by atoms with Crippen molar-refractivity contribution in [2.75, 3.05) is 0 Å². The predicted octanol–water partition coefficient (Wildman–Crippen LogP) is 2.51. The van der Waals surface area contributed by atoms with E-state index in [4.69, 9.17) is 0 Å². The second-order valence-electron chi connectivity index (χ2n) is 2.20. The summed E-state index contributed by atoms with van der Waals surface area (Å²) in [4.78, 5) is -0.442. The van der Waals surface area contributed by atoms with Crippen molar-refractivity contribution >= 4 is 11.7 Å². The molecule has 0 saturated carbocycles. The molecule has 1 rings (SSSR count). The first kappa shape index (κ1) is 10.8. The van der Waals surface area contributed by atoms with Crippen molar-refractivity contribution in [3.8, 4) is 5.75 Å². The molecule has 2 nitrogen and oxygen atoms in total. The third kappa shape index (κ3) is 2.63. The summed E-state index contributed by atoms with van der Waals surface area (Å²) in [7, 11) is 0. The Kier molecular flexibility index (Phi) is 3.00. The van der Waals surface area contributed by atoms with Gasteiger partial charge < -0.3 is 4.74 Å². The van der Waals surface area contributed by atoms with Crippen LogP contribution in [0.3, 0.4) is 0 Å². The molecular weight excluding hydrogens is 224 g/mol. The number of para-hydroxylation sites is 1. The minimum absolute atomic E-state index is 0.265. The third-order valence-corrected chi connectivity index (χ3v) is 1.74. The lowest BCUT2D eigenvalue weighted by molar-refractivity contribution is -0.276. The molecule has 0 heterocycles. The van der Waals surface area contributed by atoms with E-state index in [9.17, 15) is 21.8 Å². The monoisotopic (exact) mass is 227 g/mol. The van der Waals surface area contributed by atoms with Gasteiger partial charge in [-0.15, -0.1) is 13.2 Å². The summed E-state index contributed by atoms with van der Waals surface area (Å²) in [6.45, 7) is 0. The van der Waals surface area contributed by atoms with Crippen LogP contribution >= 0.6 is 0 Å². The quantitative estimate of drug-likeness (QED) is 0.573. The molecule has 0 aromatic heterocycles. The van der Waals surface area contributed by atoms with Crippen LogP contribution in [0.5, 0.6) is 5.75 Å². The fourth-order valence-corrected chi connectivity index (χ4v) is 1.12. The molecule has 0 amide bonds. The summed E-state index contributed by atoms with van der Waals surface area (Å²) in [5.74, 6) is -2.30. The van der Waals surface area contributed by atoms with Gasteiger partial charge in [-0.05, 0) is 6.07 Å². The molecule has 0 unspecified atom stereocenters. The highest BCUT2D eigenvalue weighted by Gasteiger charge is 2.36. The molecule has 1 aromatic rings. The minimum Gasteiger partial charge on any atom is -0.396 e. The van der Waals surface area contributed by atoms with Crippen molar-refractivity contribution in [3.63, 3.8) is 0 Å². The van der Waals surface area contributed by atoms with Crippen LogP contribution < -0.4 is 4.74 Å². The average molecular weight is 227 g/mol. The Morgan fingerprint density at radius 2 is 1.93 bits per heavy atom. The first-order valence-corrected chi connectivity index (χ1v) is 4.02. The molecular formula is C7H3F4O2S+. The molecule has 0 bridgehead atoms. The smallest absolute Gasteiger partial charge is 0.396 e. The first-order valence-electron chi connectivity index (χ1n) is 3.28. The van der Waals surface area contributed by atoms with Crippen LogP contribution in [0.2, 0.25) is 0 Å². The molecule has 0 radical (unpaired) electrons. The van der Waals surface area contributed by atoms with Crippen molar-refractivity contribution in [1.82, 2.24) is 0 Å². The van der Waals surface area contributed by atoms with E-state index < -0.39 is 22.8 Å². The number of alkyl halides is 3. The molecule has 0 saturated heterocycles. The first-order chi connectivity index (χ1) is 6.44.